The van der Waals surface area contributed by atoms with Crippen molar-refractivity contribution >= 4 is 11.4 Å². The van der Waals surface area contributed by atoms with Gasteiger partial charge >= 0.3 is 6.61 Å². The predicted molar refractivity (Wildman–Crippen MR) is 137 cm³/mol. The van der Waals surface area contributed by atoms with Gasteiger partial charge in [-0.25, -0.2) is 8.91 Å². The van der Waals surface area contributed by atoms with Gasteiger partial charge in [-0.3, -0.25) is 9.78 Å². The number of fused-ring (bicyclic) bond motifs is 9. The number of nitrogens with zero attached hydrogens (tertiary/aromatic N) is 4. The summed E-state index contributed by atoms with van der Waals surface area (Å²) in [7, 11) is 0. The van der Waals surface area contributed by atoms with Crippen LogP contribution in [0, 0.1) is 22.6 Å². The van der Waals surface area contributed by atoms with Gasteiger partial charge in [-0.15, -0.1) is 0 Å². The van der Waals surface area contributed by atoms with Crippen LogP contribution in [-0.2, 0) is 5.54 Å². The molecule has 2 atom stereocenters. The Morgan fingerprint density at radius 2 is 2.02 bits per heavy atom. The number of alkyl halides is 2. The molecule has 3 aromatic heterocycles. The fraction of sp³-hybridized carbons (Fsp3) is 0.310. The Labute approximate surface area is 226 Å². The second kappa shape index (κ2) is 8.29. The molecule has 0 radical (unpaired) electrons. The van der Waals surface area contributed by atoms with Gasteiger partial charge in [0.1, 0.15) is 11.6 Å². The Balaban J connectivity index is 1.31. The maximum atomic E-state index is 15.3. The lowest BCUT2D eigenvalue weighted by atomic mass is 9.58. The maximum absolute atomic E-state index is 15.3. The predicted octanol–water partition coefficient (Wildman–Crippen LogP) is 4.93. The van der Waals surface area contributed by atoms with Crippen LogP contribution in [0.5, 0.6) is 5.75 Å². The first-order valence-corrected chi connectivity index (χ1v) is 12.9. The van der Waals surface area contributed by atoms with E-state index < -0.39 is 35.3 Å². The lowest BCUT2D eigenvalue weighted by Gasteiger charge is -2.48. The minimum Gasteiger partial charge on any atom is -0.434 e. The molecule has 40 heavy (non-hydrogen) atoms. The molecule has 1 fully saturated rings. The van der Waals surface area contributed by atoms with Crippen molar-refractivity contribution in [3.05, 3.63) is 82.7 Å². The topological polar surface area (TPSA) is 118 Å². The van der Waals surface area contributed by atoms with Gasteiger partial charge in [0.2, 0.25) is 0 Å². The molecule has 11 heteroatoms. The molecule has 8 nitrogen and oxygen atoms in total. The standard InChI is InChI=1S/C29H23F3N6O2/c1-28(13-33)11-29(34,12-28)25-18(30)7-15(10-35-25)14-5-6-38-20(8-14)23-17-9-19(24(23)37-38)36-26(39)16-3-2-4-21(22(16)17)40-27(31)32/h2-8,10,17,19,27H,9,11-12,34H2,1H3,(H,36,39)/t17-,19-,28?,29?/m1/s1. The highest BCUT2D eigenvalue weighted by Crippen LogP contribution is 2.53. The molecule has 4 aromatic rings. The maximum Gasteiger partial charge on any atom is 0.387 e. The average molecular weight is 545 g/mol. The minimum atomic E-state index is -3.04. The number of hydrogen-bond donors (Lipinski definition) is 2. The number of benzene rings is 1. The number of carbonyl (C=O) groups is 1. The first kappa shape index (κ1) is 24.6. The quantitative estimate of drug-likeness (QED) is 0.376. The first-order chi connectivity index (χ1) is 19.1. The number of nitrogens with two attached hydrogens (primary N) is 1. The van der Waals surface area contributed by atoms with Gasteiger partial charge in [-0.05, 0) is 62.1 Å². The molecule has 1 amide bonds. The van der Waals surface area contributed by atoms with E-state index in [9.17, 15) is 18.8 Å². The summed E-state index contributed by atoms with van der Waals surface area (Å²) in [6.07, 6.45) is 4.40. The van der Waals surface area contributed by atoms with Crippen molar-refractivity contribution in [2.45, 2.75) is 50.3 Å². The van der Waals surface area contributed by atoms with E-state index in [0.717, 1.165) is 5.56 Å². The summed E-state index contributed by atoms with van der Waals surface area (Å²) in [5.41, 5.74) is 8.99. The largest absolute Gasteiger partial charge is 0.434 e. The SMILES string of the molecule is CC1(C#N)CC(N)(c2ncc(-c3ccn4nc5c(c4c3)[C@@H]3C[C@H]5NC(=O)c4cccc(OC(F)F)c43)cc2F)C1. The zero-order valence-corrected chi connectivity index (χ0v) is 21.3. The van der Waals surface area contributed by atoms with Crippen molar-refractivity contribution in [3.63, 3.8) is 0 Å². The fourth-order valence-electron chi connectivity index (χ4n) is 6.82. The lowest BCUT2D eigenvalue weighted by Crippen LogP contribution is -2.54. The van der Waals surface area contributed by atoms with Crippen LogP contribution in [0.3, 0.4) is 0 Å². The molecular formula is C29H23F3N6O2. The summed E-state index contributed by atoms with van der Waals surface area (Å²) in [4.78, 5) is 17.3. The highest BCUT2D eigenvalue weighted by Gasteiger charge is 2.53. The zero-order chi connectivity index (χ0) is 28.0. The molecule has 2 aliphatic carbocycles. The van der Waals surface area contributed by atoms with Gasteiger partial charge in [-0.2, -0.15) is 19.1 Å². The van der Waals surface area contributed by atoms with Crippen molar-refractivity contribution in [1.82, 2.24) is 19.9 Å². The number of halogens is 3. The monoisotopic (exact) mass is 544 g/mol. The molecule has 1 saturated carbocycles. The van der Waals surface area contributed by atoms with E-state index in [1.54, 1.807) is 36.0 Å². The van der Waals surface area contributed by atoms with Crippen LogP contribution in [0.25, 0.3) is 16.6 Å². The third kappa shape index (κ3) is 3.52. The number of pyridine rings is 2. The Kier molecular flexibility index (Phi) is 5.10. The number of aromatic nitrogens is 3. The number of amides is 1. The van der Waals surface area contributed by atoms with E-state index in [0.29, 0.717) is 47.2 Å². The Morgan fingerprint density at radius 1 is 1.23 bits per heavy atom. The summed E-state index contributed by atoms with van der Waals surface area (Å²) in [6, 6.07) is 11.4. The van der Waals surface area contributed by atoms with Gasteiger partial charge < -0.3 is 15.8 Å². The molecule has 202 valence electrons. The van der Waals surface area contributed by atoms with E-state index in [4.69, 9.17) is 15.6 Å². The van der Waals surface area contributed by atoms with Crippen LogP contribution in [0.4, 0.5) is 13.2 Å². The van der Waals surface area contributed by atoms with Gasteiger partial charge in [-0.1, -0.05) is 6.07 Å². The van der Waals surface area contributed by atoms with Crippen LogP contribution >= 0.6 is 0 Å². The van der Waals surface area contributed by atoms with Crippen molar-refractivity contribution in [1.29, 1.82) is 5.26 Å². The van der Waals surface area contributed by atoms with Crippen molar-refractivity contribution in [3.8, 4) is 22.9 Å². The number of ether oxygens (including phenoxy) is 1. The van der Waals surface area contributed by atoms with E-state index >= 15 is 4.39 Å². The number of hydrogen-bond acceptors (Lipinski definition) is 6. The van der Waals surface area contributed by atoms with Crippen LogP contribution in [0.15, 0.2) is 48.8 Å². The summed E-state index contributed by atoms with van der Waals surface area (Å²) < 4.78 is 48.4. The Morgan fingerprint density at radius 3 is 2.75 bits per heavy atom. The number of carbonyl (C=O) groups excluding carboxylic acids is 1. The number of nitrogens with one attached hydrogen (secondary N) is 1. The van der Waals surface area contributed by atoms with E-state index in [-0.39, 0.29) is 22.9 Å². The minimum absolute atomic E-state index is 0.0438. The van der Waals surface area contributed by atoms with Crippen LogP contribution in [-0.4, -0.2) is 27.1 Å². The van der Waals surface area contributed by atoms with E-state index in [2.05, 4.69) is 16.4 Å². The van der Waals surface area contributed by atoms with Crippen molar-refractivity contribution < 1.29 is 22.7 Å². The van der Waals surface area contributed by atoms with Gasteiger partial charge in [0.25, 0.3) is 5.91 Å². The summed E-state index contributed by atoms with van der Waals surface area (Å²) in [5.74, 6) is -1.38. The number of nitriles is 1. The summed E-state index contributed by atoms with van der Waals surface area (Å²) >= 11 is 0. The summed E-state index contributed by atoms with van der Waals surface area (Å²) in [5, 5.41) is 17.0. The number of rotatable bonds is 4. The second-order valence-corrected chi connectivity index (χ2v) is 11.2. The molecule has 3 aliphatic rings. The van der Waals surface area contributed by atoms with E-state index in [1.165, 1.54) is 18.2 Å². The summed E-state index contributed by atoms with van der Waals surface area (Å²) in [6.45, 7) is -1.25. The molecule has 7 rings (SSSR count). The van der Waals surface area contributed by atoms with Crippen LogP contribution in [0.2, 0.25) is 0 Å². The van der Waals surface area contributed by atoms with Gasteiger partial charge in [0.15, 0.2) is 0 Å². The molecule has 4 heterocycles. The average Bonchev–Trinajstić information content (AvgIpc) is 3.39. The molecule has 1 aromatic carbocycles. The fourth-order valence-corrected chi connectivity index (χ4v) is 6.82. The molecule has 0 spiro atoms. The molecular weight excluding hydrogens is 521 g/mol. The smallest absolute Gasteiger partial charge is 0.387 e. The molecule has 2 bridgehead atoms. The Bertz CT molecular complexity index is 1770. The van der Waals surface area contributed by atoms with Gasteiger partial charge in [0.05, 0.1) is 40.0 Å². The second-order valence-electron chi connectivity index (χ2n) is 11.2. The van der Waals surface area contributed by atoms with Gasteiger partial charge in [0, 0.05) is 40.6 Å². The zero-order valence-electron chi connectivity index (χ0n) is 21.3. The third-order valence-electron chi connectivity index (χ3n) is 8.36. The Hall–Kier alpha value is -4.43. The first-order valence-electron chi connectivity index (χ1n) is 12.9. The highest BCUT2D eigenvalue weighted by molar-refractivity contribution is 5.98. The van der Waals surface area contributed by atoms with E-state index in [1.807, 2.05) is 6.07 Å². The molecule has 3 N–H and O–H groups in total. The van der Waals surface area contributed by atoms with Crippen LogP contribution in [0.1, 0.15) is 71.0 Å². The highest BCUT2D eigenvalue weighted by atomic mass is 19.3. The molecule has 0 unspecified atom stereocenters. The van der Waals surface area contributed by atoms with Crippen molar-refractivity contribution in [2.24, 2.45) is 11.1 Å². The van der Waals surface area contributed by atoms with Crippen LogP contribution < -0.4 is 15.8 Å². The van der Waals surface area contributed by atoms with Crippen molar-refractivity contribution in [2.75, 3.05) is 0 Å². The normalized spacial score (nSPS) is 26.5. The molecule has 0 saturated heterocycles. The third-order valence-corrected chi connectivity index (χ3v) is 8.36. The molecule has 1 aliphatic heterocycles. The lowest BCUT2D eigenvalue weighted by molar-refractivity contribution is -0.0505.